The van der Waals surface area contributed by atoms with Crippen LogP contribution in [0.4, 0.5) is 5.82 Å². The number of aromatic nitrogens is 4. The van der Waals surface area contributed by atoms with Crippen LogP contribution >= 0.6 is 15.9 Å². The lowest BCUT2D eigenvalue weighted by Gasteiger charge is -2.05. The van der Waals surface area contributed by atoms with Crippen LogP contribution in [0, 0.1) is 13.8 Å². The summed E-state index contributed by atoms with van der Waals surface area (Å²) in [6.45, 7) is 4.14. The zero-order valence-electron chi connectivity index (χ0n) is 10.6. The Morgan fingerprint density at radius 3 is 2.58 bits per heavy atom. The van der Waals surface area contributed by atoms with Gasteiger partial charge in [-0.1, -0.05) is 0 Å². The number of hydrogen-bond donors (Lipinski definition) is 1. The molecule has 3 aromatic rings. The molecule has 0 amide bonds. The van der Waals surface area contributed by atoms with Crippen molar-refractivity contribution in [1.29, 1.82) is 0 Å². The highest BCUT2D eigenvalue weighted by atomic mass is 79.9. The summed E-state index contributed by atoms with van der Waals surface area (Å²) in [5.74, 6) is 0.931. The highest BCUT2D eigenvalue weighted by Crippen LogP contribution is 2.21. The molecule has 0 aliphatic heterocycles. The quantitative estimate of drug-likeness (QED) is 0.701. The van der Waals surface area contributed by atoms with E-state index in [0.717, 1.165) is 11.0 Å². The van der Waals surface area contributed by atoms with Gasteiger partial charge in [-0.15, -0.1) is 0 Å². The number of nitrogen functional groups attached to an aromatic ring is 1. The maximum Gasteiger partial charge on any atom is 0.238 e. The molecule has 0 radical (unpaired) electrons. The summed E-state index contributed by atoms with van der Waals surface area (Å²) < 4.78 is 2.49. The van der Waals surface area contributed by atoms with Crippen LogP contribution in [0.2, 0.25) is 0 Å². The fourth-order valence-corrected chi connectivity index (χ4v) is 2.35. The Morgan fingerprint density at radius 1 is 1.11 bits per heavy atom. The topological polar surface area (TPSA) is 69.6 Å². The molecule has 2 aromatic heterocycles. The van der Waals surface area contributed by atoms with Crippen molar-refractivity contribution >= 4 is 32.8 Å². The fraction of sp³-hybridized carbons (Fsp3) is 0.154. The van der Waals surface area contributed by atoms with E-state index < -0.39 is 0 Å². The van der Waals surface area contributed by atoms with Crippen LogP contribution in [-0.2, 0) is 0 Å². The molecule has 1 aromatic carbocycles. The minimum absolute atomic E-state index is 0.419. The van der Waals surface area contributed by atoms with Crippen molar-refractivity contribution in [1.82, 2.24) is 19.5 Å². The predicted molar refractivity (Wildman–Crippen MR) is 78.2 cm³/mol. The number of fused-ring (bicyclic) bond motifs is 1. The second-order valence-corrected chi connectivity index (χ2v) is 5.27. The van der Waals surface area contributed by atoms with Crippen LogP contribution < -0.4 is 5.73 Å². The van der Waals surface area contributed by atoms with E-state index in [1.165, 1.54) is 11.1 Å². The standard InChI is InChI=1S/C13H12BrN5/c1-7-3-9-10(4-8(7)2)19(6-16-9)13-17-11(14)5-12(15)18-13/h3-6H,1-2H3,(H2,15,17,18). The first-order valence-corrected chi connectivity index (χ1v) is 6.58. The number of anilines is 1. The van der Waals surface area contributed by atoms with E-state index in [2.05, 4.69) is 56.9 Å². The van der Waals surface area contributed by atoms with Crippen molar-refractivity contribution in [3.63, 3.8) is 0 Å². The van der Waals surface area contributed by atoms with Gasteiger partial charge in [0.2, 0.25) is 5.95 Å². The molecule has 5 nitrogen and oxygen atoms in total. The van der Waals surface area contributed by atoms with E-state index in [9.17, 15) is 0 Å². The molecule has 2 heterocycles. The fourth-order valence-electron chi connectivity index (χ4n) is 1.95. The number of nitrogens with zero attached hydrogens (tertiary/aromatic N) is 4. The molecule has 0 unspecified atom stereocenters. The van der Waals surface area contributed by atoms with Gasteiger partial charge in [-0.3, -0.25) is 4.57 Å². The van der Waals surface area contributed by atoms with E-state index >= 15 is 0 Å². The van der Waals surface area contributed by atoms with E-state index in [1.807, 2.05) is 4.57 Å². The maximum atomic E-state index is 5.75. The Balaban J connectivity index is 2.28. The summed E-state index contributed by atoms with van der Waals surface area (Å²) in [6.07, 6.45) is 1.71. The zero-order valence-corrected chi connectivity index (χ0v) is 12.1. The van der Waals surface area contributed by atoms with E-state index in [-0.39, 0.29) is 0 Å². The molecule has 0 aliphatic carbocycles. The largest absolute Gasteiger partial charge is 0.383 e. The minimum atomic E-state index is 0.419. The van der Waals surface area contributed by atoms with Crippen molar-refractivity contribution < 1.29 is 0 Å². The van der Waals surface area contributed by atoms with Crippen molar-refractivity contribution in [2.75, 3.05) is 5.73 Å². The SMILES string of the molecule is Cc1cc2ncn(-c3nc(N)cc(Br)n3)c2cc1C. The molecule has 0 spiro atoms. The Labute approximate surface area is 118 Å². The number of rotatable bonds is 1. The highest BCUT2D eigenvalue weighted by molar-refractivity contribution is 9.10. The molecule has 0 fully saturated rings. The van der Waals surface area contributed by atoms with Crippen LogP contribution in [0.5, 0.6) is 0 Å². The van der Waals surface area contributed by atoms with Crippen molar-refractivity contribution in [2.24, 2.45) is 0 Å². The van der Waals surface area contributed by atoms with Crippen LogP contribution in [-0.4, -0.2) is 19.5 Å². The summed E-state index contributed by atoms with van der Waals surface area (Å²) in [7, 11) is 0. The summed E-state index contributed by atoms with van der Waals surface area (Å²) >= 11 is 3.32. The second kappa shape index (κ2) is 4.31. The Morgan fingerprint density at radius 2 is 1.84 bits per heavy atom. The summed E-state index contributed by atoms with van der Waals surface area (Å²) in [6, 6.07) is 5.80. The van der Waals surface area contributed by atoms with Gasteiger partial charge in [0.15, 0.2) is 0 Å². The number of nitrogens with two attached hydrogens (primary N) is 1. The zero-order chi connectivity index (χ0) is 13.6. The van der Waals surface area contributed by atoms with Gasteiger partial charge in [0.05, 0.1) is 11.0 Å². The molecule has 19 heavy (non-hydrogen) atoms. The number of benzene rings is 1. The smallest absolute Gasteiger partial charge is 0.238 e. The molecular weight excluding hydrogens is 306 g/mol. The van der Waals surface area contributed by atoms with Gasteiger partial charge in [0.25, 0.3) is 0 Å². The Hall–Kier alpha value is -1.95. The third-order valence-electron chi connectivity index (χ3n) is 3.08. The predicted octanol–water partition coefficient (Wildman–Crippen LogP) is 2.78. The Bertz CT molecular complexity index is 758. The van der Waals surface area contributed by atoms with Gasteiger partial charge < -0.3 is 5.73 Å². The average molecular weight is 318 g/mol. The summed E-state index contributed by atoms with van der Waals surface area (Å²) in [4.78, 5) is 12.9. The first kappa shape index (κ1) is 12.1. The molecule has 0 aliphatic rings. The van der Waals surface area contributed by atoms with Crippen LogP contribution in [0.1, 0.15) is 11.1 Å². The van der Waals surface area contributed by atoms with Crippen molar-refractivity contribution in [3.8, 4) is 5.95 Å². The maximum absolute atomic E-state index is 5.75. The summed E-state index contributed by atoms with van der Waals surface area (Å²) in [5, 5.41) is 0. The molecule has 2 N–H and O–H groups in total. The molecule has 0 bridgehead atoms. The molecule has 0 saturated heterocycles. The number of hydrogen-bond acceptors (Lipinski definition) is 4. The molecule has 0 saturated carbocycles. The molecule has 0 atom stereocenters. The second-order valence-electron chi connectivity index (χ2n) is 4.46. The number of imidazole rings is 1. The summed E-state index contributed by atoms with van der Waals surface area (Å²) in [5.41, 5.74) is 10.1. The monoisotopic (exact) mass is 317 g/mol. The van der Waals surface area contributed by atoms with Gasteiger partial charge in [-0.25, -0.2) is 9.97 Å². The van der Waals surface area contributed by atoms with Crippen molar-refractivity contribution in [3.05, 3.63) is 40.3 Å². The average Bonchev–Trinajstić information content (AvgIpc) is 2.71. The van der Waals surface area contributed by atoms with Crippen LogP contribution in [0.3, 0.4) is 0 Å². The first-order valence-electron chi connectivity index (χ1n) is 5.79. The third-order valence-corrected chi connectivity index (χ3v) is 3.49. The van der Waals surface area contributed by atoms with E-state index in [4.69, 9.17) is 5.73 Å². The molecular formula is C13H12BrN5. The molecule has 6 heteroatoms. The minimum Gasteiger partial charge on any atom is -0.383 e. The number of halogens is 1. The van der Waals surface area contributed by atoms with E-state index in [1.54, 1.807) is 12.4 Å². The van der Waals surface area contributed by atoms with E-state index in [0.29, 0.717) is 16.4 Å². The van der Waals surface area contributed by atoms with Crippen LogP contribution in [0.25, 0.3) is 17.0 Å². The van der Waals surface area contributed by atoms with Gasteiger partial charge in [0.1, 0.15) is 16.7 Å². The van der Waals surface area contributed by atoms with Crippen molar-refractivity contribution in [2.45, 2.75) is 13.8 Å². The van der Waals surface area contributed by atoms with Gasteiger partial charge in [-0.05, 0) is 53.0 Å². The lowest BCUT2D eigenvalue weighted by Crippen LogP contribution is -2.03. The molecule has 3 rings (SSSR count). The lowest BCUT2D eigenvalue weighted by atomic mass is 10.1. The Kier molecular flexibility index (Phi) is 2.74. The number of aryl methyl sites for hydroxylation is 2. The van der Waals surface area contributed by atoms with Gasteiger partial charge in [0, 0.05) is 6.07 Å². The highest BCUT2D eigenvalue weighted by Gasteiger charge is 2.09. The van der Waals surface area contributed by atoms with Gasteiger partial charge >= 0.3 is 0 Å². The lowest BCUT2D eigenvalue weighted by molar-refractivity contribution is 0.943. The van der Waals surface area contributed by atoms with Gasteiger partial charge in [-0.2, -0.15) is 4.98 Å². The normalized spacial score (nSPS) is 11.1. The first-order chi connectivity index (χ1) is 9.04. The third kappa shape index (κ3) is 2.08. The van der Waals surface area contributed by atoms with Crippen LogP contribution in [0.15, 0.2) is 29.1 Å². The molecule has 96 valence electrons.